The third-order valence-electron chi connectivity index (χ3n) is 2.61. The van der Waals surface area contributed by atoms with Gasteiger partial charge >= 0.3 is 0 Å². The molecule has 4 atom stereocenters. The lowest BCUT2D eigenvalue weighted by Crippen LogP contribution is -2.53. The quantitative estimate of drug-likeness (QED) is 0.472. The van der Waals surface area contributed by atoms with Crippen LogP contribution in [-0.2, 0) is 4.74 Å². The monoisotopic (exact) mass is 198 g/mol. The highest BCUT2D eigenvalue weighted by molar-refractivity contribution is 6.12. The van der Waals surface area contributed by atoms with Crippen molar-refractivity contribution in [3.05, 3.63) is 18.4 Å². The lowest BCUT2D eigenvalue weighted by molar-refractivity contribution is -0.0807. The number of rotatable bonds is 2. The fourth-order valence-electron chi connectivity index (χ4n) is 1.54. The molecule has 1 heterocycles. The molecule has 14 heavy (non-hydrogen) atoms. The third-order valence-corrected chi connectivity index (χ3v) is 2.61. The SMILES string of the molecule is [B][C@@H]1O[C@H](CO)[C@](C)(O)C1(F)C=C=C. The molecule has 0 amide bonds. The van der Waals surface area contributed by atoms with E-state index in [1.165, 1.54) is 6.92 Å². The number of hydrogen-bond donors (Lipinski definition) is 2. The van der Waals surface area contributed by atoms with Crippen LogP contribution in [0.3, 0.4) is 0 Å². The summed E-state index contributed by atoms with van der Waals surface area (Å²) in [7, 11) is 5.37. The smallest absolute Gasteiger partial charge is 0.184 e. The van der Waals surface area contributed by atoms with E-state index < -0.39 is 30.0 Å². The summed E-state index contributed by atoms with van der Waals surface area (Å²) < 4.78 is 19.0. The molecular weight excluding hydrogens is 186 g/mol. The minimum atomic E-state index is -2.28. The molecule has 76 valence electrons. The van der Waals surface area contributed by atoms with Crippen molar-refractivity contribution in [3.8, 4) is 0 Å². The van der Waals surface area contributed by atoms with Crippen LogP contribution in [0.1, 0.15) is 6.92 Å². The Morgan fingerprint density at radius 2 is 2.36 bits per heavy atom. The molecule has 0 bridgehead atoms. The van der Waals surface area contributed by atoms with Gasteiger partial charge in [0, 0.05) is 0 Å². The van der Waals surface area contributed by atoms with Crippen LogP contribution in [0.25, 0.3) is 0 Å². The highest BCUT2D eigenvalue weighted by atomic mass is 19.1. The maximum Gasteiger partial charge on any atom is 0.184 e. The molecule has 0 aromatic carbocycles. The van der Waals surface area contributed by atoms with E-state index in [9.17, 15) is 9.50 Å². The Balaban J connectivity index is 3.12. The van der Waals surface area contributed by atoms with Gasteiger partial charge in [-0.1, -0.05) is 6.58 Å². The van der Waals surface area contributed by atoms with E-state index in [0.717, 1.165) is 6.08 Å². The molecule has 0 saturated carbocycles. The largest absolute Gasteiger partial charge is 0.394 e. The second-order valence-corrected chi connectivity index (χ2v) is 3.49. The minimum Gasteiger partial charge on any atom is -0.394 e. The molecule has 5 heteroatoms. The first-order valence-electron chi connectivity index (χ1n) is 4.20. The van der Waals surface area contributed by atoms with Crippen molar-refractivity contribution >= 4 is 7.85 Å². The Hall–Kier alpha value is -0.605. The van der Waals surface area contributed by atoms with Gasteiger partial charge in [0.2, 0.25) is 0 Å². The minimum absolute atomic E-state index is 0.503. The van der Waals surface area contributed by atoms with Crippen molar-refractivity contribution in [1.29, 1.82) is 0 Å². The lowest BCUT2D eigenvalue weighted by Gasteiger charge is -2.32. The van der Waals surface area contributed by atoms with E-state index in [1.54, 1.807) is 0 Å². The first-order chi connectivity index (χ1) is 6.40. The first kappa shape index (κ1) is 11.5. The van der Waals surface area contributed by atoms with Gasteiger partial charge in [-0.2, -0.15) is 0 Å². The van der Waals surface area contributed by atoms with Crippen LogP contribution < -0.4 is 0 Å². The number of aliphatic hydroxyl groups is 2. The molecule has 1 unspecified atom stereocenters. The second-order valence-electron chi connectivity index (χ2n) is 3.49. The molecule has 0 spiro atoms. The van der Waals surface area contributed by atoms with Crippen LogP contribution in [0.2, 0.25) is 0 Å². The summed E-state index contributed by atoms with van der Waals surface area (Å²) in [6, 6.07) is -1.33. The van der Waals surface area contributed by atoms with Gasteiger partial charge in [-0.15, -0.1) is 5.73 Å². The van der Waals surface area contributed by atoms with Crippen LogP contribution in [0.5, 0.6) is 0 Å². The average molecular weight is 198 g/mol. The van der Waals surface area contributed by atoms with Gasteiger partial charge in [-0.25, -0.2) is 4.39 Å². The van der Waals surface area contributed by atoms with E-state index in [-0.39, 0.29) is 0 Å². The highest BCUT2D eigenvalue weighted by Gasteiger charge is 2.61. The molecule has 0 aliphatic carbocycles. The van der Waals surface area contributed by atoms with Gasteiger partial charge in [-0.3, -0.25) is 0 Å². The summed E-state index contributed by atoms with van der Waals surface area (Å²) in [6.45, 7) is 3.93. The Labute approximate surface area is 83.3 Å². The van der Waals surface area contributed by atoms with E-state index in [2.05, 4.69) is 12.3 Å². The molecule has 1 aliphatic rings. The predicted octanol–water partition coefficient (Wildman–Crippen LogP) is -0.328. The normalized spacial score (nSPS) is 47.4. The van der Waals surface area contributed by atoms with Crippen LogP contribution in [-0.4, -0.2) is 48.0 Å². The lowest BCUT2D eigenvalue weighted by atomic mass is 9.74. The van der Waals surface area contributed by atoms with Gasteiger partial charge in [0.05, 0.1) is 12.6 Å². The maximum atomic E-state index is 14.2. The van der Waals surface area contributed by atoms with Crippen molar-refractivity contribution in [1.82, 2.24) is 0 Å². The Morgan fingerprint density at radius 1 is 1.79 bits per heavy atom. The fourth-order valence-corrected chi connectivity index (χ4v) is 1.54. The van der Waals surface area contributed by atoms with Crippen molar-refractivity contribution in [2.24, 2.45) is 0 Å². The Bertz CT molecular complexity index is 275. The van der Waals surface area contributed by atoms with E-state index in [0.29, 0.717) is 0 Å². The maximum absolute atomic E-state index is 14.2. The van der Waals surface area contributed by atoms with Gasteiger partial charge in [-0.05, 0) is 13.0 Å². The van der Waals surface area contributed by atoms with E-state index >= 15 is 0 Å². The summed E-state index contributed by atoms with van der Waals surface area (Å²) in [5.74, 6) is 0. The third kappa shape index (κ3) is 1.33. The molecule has 3 nitrogen and oxygen atoms in total. The predicted molar refractivity (Wildman–Crippen MR) is 49.7 cm³/mol. The molecule has 2 N–H and O–H groups in total. The van der Waals surface area contributed by atoms with Crippen molar-refractivity contribution in [2.75, 3.05) is 6.61 Å². The fraction of sp³-hybridized carbons (Fsp3) is 0.667. The molecule has 1 saturated heterocycles. The summed E-state index contributed by atoms with van der Waals surface area (Å²) in [5.41, 5.74) is -1.93. The summed E-state index contributed by atoms with van der Waals surface area (Å²) in [5, 5.41) is 18.7. The second kappa shape index (κ2) is 3.52. The highest BCUT2D eigenvalue weighted by Crippen LogP contribution is 2.42. The Morgan fingerprint density at radius 3 is 2.71 bits per heavy atom. The number of ether oxygens (including phenoxy) is 1. The van der Waals surface area contributed by atoms with Crippen molar-refractivity contribution in [2.45, 2.75) is 30.3 Å². The van der Waals surface area contributed by atoms with Gasteiger partial charge in [0.25, 0.3) is 0 Å². The topological polar surface area (TPSA) is 49.7 Å². The average Bonchev–Trinajstić information content (AvgIpc) is 2.27. The standard InChI is InChI=1S/C9H12BFO3/c1-3-4-9(11)7(10)14-6(5-12)8(9,2)13/h4,6-7,12-13H,1,5H2,2H3/t6-,7-,8+,9?/m1/s1. The van der Waals surface area contributed by atoms with Gasteiger partial charge in [0.15, 0.2) is 5.67 Å². The molecular formula is C9H12BFO3. The van der Waals surface area contributed by atoms with Gasteiger partial charge < -0.3 is 14.9 Å². The molecule has 1 rings (SSSR count). The zero-order chi connectivity index (χ0) is 11.0. The molecule has 1 fully saturated rings. The van der Waals surface area contributed by atoms with Crippen LogP contribution in [0.4, 0.5) is 4.39 Å². The molecule has 1 aliphatic heterocycles. The Kier molecular flexibility index (Phi) is 2.88. The number of hydrogen-bond acceptors (Lipinski definition) is 3. The summed E-state index contributed by atoms with van der Waals surface area (Å²) >= 11 is 0. The number of alkyl halides is 1. The van der Waals surface area contributed by atoms with Crippen LogP contribution in [0, 0.1) is 0 Å². The molecule has 0 aromatic heterocycles. The number of halogens is 1. The molecule has 0 aromatic rings. The van der Waals surface area contributed by atoms with Crippen molar-refractivity contribution in [3.63, 3.8) is 0 Å². The van der Waals surface area contributed by atoms with Crippen LogP contribution in [0.15, 0.2) is 18.4 Å². The zero-order valence-electron chi connectivity index (χ0n) is 7.90. The van der Waals surface area contributed by atoms with Crippen LogP contribution >= 0.6 is 0 Å². The van der Waals surface area contributed by atoms with Crippen molar-refractivity contribution < 1.29 is 19.3 Å². The zero-order valence-corrected chi connectivity index (χ0v) is 7.90. The van der Waals surface area contributed by atoms with E-state index in [4.69, 9.17) is 17.7 Å². The molecule has 2 radical (unpaired) electrons. The van der Waals surface area contributed by atoms with Gasteiger partial charge in [0.1, 0.15) is 19.6 Å². The summed E-state index contributed by atoms with van der Waals surface area (Å²) in [6.07, 6.45) is -0.125. The number of aliphatic hydroxyl groups excluding tert-OH is 1. The summed E-state index contributed by atoms with van der Waals surface area (Å²) in [4.78, 5) is 0. The van der Waals surface area contributed by atoms with E-state index in [1.807, 2.05) is 0 Å². The first-order valence-corrected chi connectivity index (χ1v) is 4.20.